The molecular formula is C19H25N3O5S. The van der Waals surface area contributed by atoms with E-state index in [1.165, 1.54) is 18.2 Å². The minimum absolute atomic E-state index is 0.0559. The van der Waals surface area contributed by atoms with Crippen molar-refractivity contribution in [2.24, 2.45) is 5.14 Å². The maximum absolute atomic E-state index is 12.3. The van der Waals surface area contributed by atoms with Crippen molar-refractivity contribution in [3.63, 3.8) is 0 Å². The first-order valence-electron chi connectivity index (χ1n) is 8.46. The molecule has 0 fully saturated rings. The number of benzene rings is 2. The van der Waals surface area contributed by atoms with Crippen molar-refractivity contribution in [1.29, 1.82) is 0 Å². The lowest BCUT2D eigenvalue weighted by Crippen LogP contribution is -2.30. The lowest BCUT2D eigenvalue weighted by atomic mass is 10.1. The number of sulfonamides is 1. The van der Waals surface area contributed by atoms with Gasteiger partial charge in [0.25, 0.3) is 0 Å². The third-order valence-corrected chi connectivity index (χ3v) is 5.05. The van der Waals surface area contributed by atoms with Gasteiger partial charge >= 0.3 is 0 Å². The minimum atomic E-state index is -3.83. The number of hydrogen-bond donors (Lipinski definition) is 2. The zero-order valence-electron chi connectivity index (χ0n) is 16.4. The highest BCUT2D eigenvalue weighted by molar-refractivity contribution is 7.89. The Morgan fingerprint density at radius 1 is 1.14 bits per heavy atom. The zero-order chi connectivity index (χ0) is 20.9. The highest BCUT2D eigenvalue weighted by Gasteiger charge is 2.14. The Hall–Kier alpha value is -2.62. The number of ether oxygens (including phenoxy) is 2. The second-order valence-electron chi connectivity index (χ2n) is 6.43. The van der Waals surface area contributed by atoms with Gasteiger partial charge in [-0.3, -0.25) is 9.69 Å². The summed E-state index contributed by atoms with van der Waals surface area (Å²) in [5.74, 6) is 1.01. The Labute approximate surface area is 165 Å². The lowest BCUT2D eigenvalue weighted by molar-refractivity contribution is -0.117. The zero-order valence-corrected chi connectivity index (χ0v) is 17.2. The fourth-order valence-electron chi connectivity index (χ4n) is 2.74. The van der Waals surface area contributed by atoms with E-state index in [4.69, 9.17) is 14.6 Å². The maximum Gasteiger partial charge on any atom is 0.238 e. The Kier molecular flexibility index (Phi) is 7.00. The highest BCUT2D eigenvalue weighted by Crippen LogP contribution is 2.30. The topological polar surface area (TPSA) is 111 Å². The Morgan fingerprint density at radius 3 is 2.39 bits per heavy atom. The van der Waals surface area contributed by atoms with Crippen LogP contribution in [-0.2, 0) is 21.4 Å². The molecule has 152 valence electrons. The van der Waals surface area contributed by atoms with Crippen molar-refractivity contribution >= 4 is 21.6 Å². The molecule has 8 nitrogen and oxygen atoms in total. The third-order valence-electron chi connectivity index (χ3n) is 4.14. The van der Waals surface area contributed by atoms with E-state index in [1.54, 1.807) is 20.3 Å². The standard InChI is InChI=1S/C19H25N3O5S/c1-13-8-17(26-3)18(27-4)9-14(13)11-22(2)12-19(23)21-15-6-5-7-16(10-15)28(20,24)25/h5-10H,11-12H2,1-4H3,(H,21,23)(H2,20,24,25). The molecular weight excluding hydrogens is 382 g/mol. The van der Waals surface area contributed by atoms with Gasteiger partial charge in [0.05, 0.1) is 25.7 Å². The molecule has 0 radical (unpaired) electrons. The Morgan fingerprint density at radius 2 is 1.79 bits per heavy atom. The van der Waals surface area contributed by atoms with Crippen LogP contribution in [0, 0.1) is 6.92 Å². The van der Waals surface area contributed by atoms with Crippen LogP contribution < -0.4 is 19.9 Å². The van der Waals surface area contributed by atoms with E-state index in [-0.39, 0.29) is 17.3 Å². The second kappa shape index (κ2) is 9.05. The van der Waals surface area contributed by atoms with E-state index in [0.29, 0.717) is 23.7 Å². The Balaban J connectivity index is 2.04. The Bertz CT molecular complexity index is 960. The number of aryl methyl sites for hydroxylation is 1. The van der Waals surface area contributed by atoms with Gasteiger partial charge < -0.3 is 14.8 Å². The molecule has 0 atom stereocenters. The van der Waals surface area contributed by atoms with Crippen LogP contribution in [0.5, 0.6) is 11.5 Å². The normalized spacial score (nSPS) is 11.4. The number of hydrogen-bond acceptors (Lipinski definition) is 6. The number of rotatable bonds is 8. The molecule has 2 rings (SSSR count). The summed E-state index contributed by atoms with van der Waals surface area (Å²) in [5, 5.41) is 7.79. The molecule has 0 heterocycles. The molecule has 0 unspecified atom stereocenters. The number of amides is 1. The smallest absolute Gasteiger partial charge is 0.238 e. The first-order valence-corrected chi connectivity index (χ1v) is 10.0. The number of nitrogens with two attached hydrogens (primary N) is 1. The number of nitrogens with one attached hydrogen (secondary N) is 1. The molecule has 3 N–H and O–H groups in total. The van der Waals surface area contributed by atoms with E-state index in [1.807, 2.05) is 31.0 Å². The first-order chi connectivity index (χ1) is 13.1. The minimum Gasteiger partial charge on any atom is -0.493 e. The van der Waals surface area contributed by atoms with E-state index >= 15 is 0 Å². The van der Waals surface area contributed by atoms with Crippen LogP contribution in [0.3, 0.4) is 0 Å². The van der Waals surface area contributed by atoms with Gasteiger partial charge in [-0.25, -0.2) is 13.6 Å². The molecule has 2 aromatic carbocycles. The summed E-state index contributed by atoms with van der Waals surface area (Å²) in [6, 6.07) is 9.60. The molecule has 0 spiro atoms. The van der Waals surface area contributed by atoms with Crippen LogP contribution in [0.15, 0.2) is 41.3 Å². The van der Waals surface area contributed by atoms with Crippen LogP contribution in [-0.4, -0.2) is 47.0 Å². The largest absolute Gasteiger partial charge is 0.493 e. The summed E-state index contributed by atoms with van der Waals surface area (Å²) in [6.45, 7) is 2.61. The lowest BCUT2D eigenvalue weighted by Gasteiger charge is -2.19. The summed E-state index contributed by atoms with van der Waals surface area (Å²) < 4.78 is 33.5. The van der Waals surface area contributed by atoms with Crippen LogP contribution in [0.25, 0.3) is 0 Å². The molecule has 28 heavy (non-hydrogen) atoms. The average Bonchev–Trinajstić information content (AvgIpc) is 2.62. The monoisotopic (exact) mass is 407 g/mol. The van der Waals surface area contributed by atoms with Gasteiger partial charge in [0.15, 0.2) is 11.5 Å². The average molecular weight is 407 g/mol. The fraction of sp³-hybridized carbons (Fsp3) is 0.316. The SMILES string of the molecule is COc1cc(C)c(CN(C)CC(=O)Nc2cccc(S(N)(=O)=O)c2)cc1OC. The van der Waals surface area contributed by atoms with Crippen LogP contribution >= 0.6 is 0 Å². The quantitative estimate of drug-likeness (QED) is 0.689. The van der Waals surface area contributed by atoms with Crippen molar-refractivity contribution in [3.05, 3.63) is 47.5 Å². The van der Waals surface area contributed by atoms with E-state index in [0.717, 1.165) is 11.1 Å². The molecule has 0 aromatic heterocycles. The summed E-state index contributed by atoms with van der Waals surface area (Å²) in [5.41, 5.74) is 2.39. The fourth-order valence-corrected chi connectivity index (χ4v) is 3.30. The van der Waals surface area contributed by atoms with Gasteiger partial charge in [-0.2, -0.15) is 0 Å². The predicted molar refractivity (Wildman–Crippen MR) is 107 cm³/mol. The molecule has 0 aliphatic carbocycles. The van der Waals surface area contributed by atoms with E-state index in [2.05, 4.69) is 5.32 Å². The third kappa shape index (κ3) is 5.69. The summed E-state index contributed by atoms with van der Waals surface area (Å²) in [6.07, 6.45) is 0. The van der Waals surface area contributed by atoms with Crippen molar-refractivity contribution in [2.75, 3.05) is 33.1 Å². The predicted octanol–water partition coefficient (Wildman–Crippen LogP) is 1.73. The van der Waals surface area contributed by atoms with Crippen LogP contribution in [0.1, 0.15) is 11.1 Å². The van der Waals surface area contributed by atoms with Crippen LogP contribution in [0.2, 0.25) is 0 Å². The maximum atomic E-state index is 12.3. The van der Waals surface area contributed by atoms with Crippen LogP contribution in [0.4, 0.5) is 5.69 Å². The summed E-state index contributed by atoms with van der Waals surface area (Å²) in [7, 11) is 1.14. The molecule has 0 saturated heterocycles. The summed E-state index contributed by atoms with van der Waals surface area (Å²) in [4.78, 5) is 14.1. The molecule has 0 aliphatic heterocycles. The van der Waals surface area contributed by atoms with E-state index in [9.17, 15) is 13.2 Å². The molecule has 0 saturated carbocycles. The van der Waals surface area contributed by atoms with Gasteiger partial charge in [-0.1, -0.05) is 6.07 Å². The molecule has 0 aliphatic rings. The summed E-state index contributed by atoms with van der Waals surface area (Å²) >= 11 is 0. The number of carbonyl (C=O) groups is 1. The number of anilines is 1. The molecule has 2 aromatic rings. The van der Waals surface area contributed by atoms with Gasteiger partial charge in [0.1, 0.15) is 0 Å². The van der Waals surface area contributed by atoms with Gasteiger partial charge in [0, 0.05) is 12.2 Å². The highest BCUT2D eigenvalue weighted by atomic mass is 32.2. The van der Waals surface area contributed by atoms with Crippen molar-refractivity contribution in [1.82, 2.24) is 4.90 Å². The number of likely N-dealkylation sites (N-methyl/N-ethyl adjacent to an activating group) is 1. The number of methoxy groups -OCH3 is 2. The van der Waals surface area contributed by atoms with Gasteiger partial charge in [-0.15, -0.1) is 0 Å². The second-order valence-corrected chi connectivity index (χ2v) is 7.99. The number of primary sulfonamides is 1. The molecule has 1 amide bonds. The molecule has 9 heteroatoms. The van der Waals surface area contributed by atoms with Crippen molar-refractivity contribution < 1.29 is 22.7 Å². The molecule has 0 bridgehead atoms. The van der Waals surface area contributed by atoms with Crippen molar-refractivity contribution in [2.45, 2.75) is 18.4 Å². The number of nitrogens with zero attached hydrogens (tertiary/aromatic N) is 1. The van der Waals surface area contributed by atoms with Gasteiger partial charge in [0.2, 0.25) is 15.9 Å². The number of carbonyl (C=O) groups excluding carboxylic acids is 1. The van der Waals surface area contributed by atoms with Crippen molar-refractivity contribution in [3.8, 4) is 11.5 Å². The first kappa shape index (κ1) is 21.7. The van der Waals surface area contributed by atoms with E-state index < -0.39 is 10.0 Å². The van der Waals surface area contributed by atoms with Gasteiger partial charge in [-0.05, 0) is 55.4 Å².